The zero-order valence-electron chi connectivity index (χ0n) is 31.3. The van der Waals surface area contributed by atoms with Gasteiger partial charge in [0, 0.05) is 81.6 Å². The number of phenols is 1. The minimum atomic E-state index is -0.484. The highest BCUT2D eigenvalue weighted by molar-refractivity contribution is 6.07. The Morgan fingerprint density at radius 2 is 1.38 bits per heavy atom. The molecule has 3 aliphatic heterocycles. The number of carbonyl (C=O) groups is 3. The van der Waals surface area contributed by atoms with Gasteiger partial charge in [0.1, 0.15) is 17.3 Å². The summed E-state index contributed by atoms with van der Waals surface area (Å²) in [6.07, 6.45) is 4.92. The second-order valence-corrected chi connectivity index (χ2v) is 16.4. The van der Waals surface area contributed by atoms with Crippen LogP contribution in [0.15, 0.2) is 84.9 Å². The summed E-state index contributed by atoms with van der Waals surface area (Å²) in [5.41, 5.74) is 8.90. The number of halogens is 1. The number of amides is 1. The molecule has 8 nitrogen and oxygen atoms in total. The molecule has 9 rings (SSSR count). The number of piperazine rings is 1. The van der Waals surface area contributed by atoms with Crippen molar-refractivity contribution in [2.75, 3.05) is 55.6 Å². The molecule has 0 bridgehead atoms. The Labute approximate surface area is 322 Å². The monoisotopic (exact) mass is 740 g/mol. The molecular weight excluding hydrogens is 692 g/mol. The number of aromatic hydroxyl groups is 1. The fraction of sp³-hybridized carbons (Fsp3) is 0.413. The average Bonchev–Trinajstić information content (AvgIpc) is 3.53. The molecule has 9 heteroatoms. The van der Waals surface area contributed by atoms with Gasteiger partial charge in [0.15, 0.2) is 5.78 Å². The van der Waals surface area contributed by atoms with Crippen LogP contribution in [0.4, 0.5) is 15.8 Å². The number of aryl methyl sites for hydroxylation is 1. The lowest BCUT2D eigenvalue weighted by Crippen LogP contribution is -2.49. The first-order valence-corrected chi connectivity index (χ1v) is 20.1. The molecule has 1 unspecified atom stereocenters. The van der Waals surface area contributed by atoms with Gasteiger partial charge in [-0.3, -0.25) is 19.3 Å². The van der Waals surface area contributed by atoms with Gasteiger partial charge in [0.2, 0.25) is 0 Å². The number of hydrogen-bond donors (Lipinski definition) is 1. The topological polar surface area (TPSA) is 84.4 Å². The highest BCUT2D eigenvalue weighted by Crippen LogP contribution is 2.47. The van der Waals surface area contributed by atoms with Crippen molar-refractivity contribution in [3.63, 3.8) is 0 Å². The number of phenolic OH excluding ortho intramolecular Hbond substituents is 1. The summed E-state index contributed by atoms with van der Waals surface area (Å²) in [7, 11) is 0. The number of benzene rings is 4. The molecule has 5 aliphatic rings. The second-order valence-electron chi connectivity index (χ2n) is 16.4. The molecule has 3 atom stereocenters. The van der Waals surface area contributed by atoms with Crippen LogP contribution < -0.4 is 9.80 Å². The van der Waals surface area contributed by atoms with Gasteiger partial charge >= 0.3 is 0 Å². The first-order chi connectivity index (χ1) is 26.8. The summed E-state index contributed by atoms with van der Waals surface area (Å²) in [5, 5.41) is 10.2. The van der Waals surface area contributed by atoms with Crippen LogP contribution in [-0.4, -0.2) is 84.2 Å². The van der Waals surface area contributed by atoms with E-state index in [2.05, 4.69) is 51.1 Å². The number of anilines is 2. The number of hydrogen-bond acceptors (Lipinski definition) is 7. The molecule has 1 amide bonds. The summed E-state index contributed by atoms with van der Waals surface area (Å²) in [6.45, 7) is 7.55. The number of Topliss-reactive ketones (excluding diaryl/α,β-unsaturated/α-hetero) is 2. The number of ketones is 2. The maximum absolute atomic E-state index is 13.8. The van der Waals surface area contributed by atoms with E-state index in [1.807, 2.05) is 30.3 Å². The fourth-order valence-corrected chi connectivity index (χ4v) is 10.1. The van der Waals surface area contributed by atoms with E-state index < -0.39 is 6.04 Å². The number of carbonyl (C=O) groups excluding carboxylic acids is 3. The fourth-order valence-electron chi connectivity index (χ4n) is 10.1. The van der Waals surface area contributed by atoms with Crippen molar-refractivity contribution in [1.29, 1.82) is 0 Å². The Bertz CT molecular complexity index is 2090. The maximum atomic E-state index is 13.8. The summed E-state index contributed by atoms with van der Waals surface area (Å²) in [5.74, 6) is 0.891. The van der Waals surface area contributed by atoms with E-state index in [0.29, 0.717) is 36.6 Å². The lowest BCUT2D eigenvalue weighted by Gasteiger charge is -2.40. The van der Waals surface area contributed by atoms with E-state index in [0.717, 1.165) is 75.5 Å². The Balaban J connectivity index is 0.783. The zero-order chi connectivity index (χ0) is 37.6. The third kappa shape index (κ3) is 7.15. The standard InChI is InChI=1S/C46H49FN4O4/c47-35-6-1-31(2-7-35)40-13-5-33-26-38(52)11-15-41(33)45(40)32-3-8-36(9-4-32)49-19-17-30(18-20-49)28-48-21-23-50(24-22-48)37-10-14-42-34(25-37)29-51(46(42)55)43-16-12-39(53)27-44(43)54/h1-4,6-11,14-15,25-26,30,40,43,45,52H,5,12-13,16-24,27-29H2/t40-,43?,45+/m0/s1. The molecule has 0 spiro atoms. The van der Waals surface area contributed by atoms with E-state index >= 15 is 0 Å². The van der Waals surface area contributed by atoms with Crippen LogP contribution in [0.3, 0.4) is 0 Å². The molecule has 3 heterocycles. The van der Waals surface area contributed by atoms with Gasteiger partial charge in [-0.25, -0.2) is 4.39 Å². The number of nitrogens with zero attached hydrogens (tertiary/aromatic N) is 4. The minimum Gasteiger partial charge on any atom is -0.508 e. The van der Waals surface area contributed by atoms with Gasteiger partial charge in [-0.05, 0) is 126 Å². The van der Waals surface area contributed by atoms with Crippen LogP contribution >= 0.6 is 0 Å². The van der Waals surface area contributed by atoms with Gasteiger partial charge in [-0.15, -0.1) is 0 Å². The summed E-state index contributed by atoms with van der Waals surface area (Å²) >= 11 is 0. The van der Waals surface area contributed by atoms with E-state index in [4.69, 9.17) is 0 Å². The first kappa shape index (κ1) is 35.7. The zero-order valence-corrected chi connectivity index (χ0v) is 31.3. The third-order valence-corrected chi connectivity index (χ3v) is 13.1. The number of rotatable bonds is 7. The molecule has 1 saturated carbocycles. The van der Waals surface area contributed by atoms with Crippen LogP contribution in [0, 0.1) is 11.7 Å². The number of fused-ring (bicyclic) bond motifs is 2. The SMILES string of the molecule is O=C1CCC(N2Cc3cc(N4CCN(CC5CCN(c6ccc([C@H]7c8ccc(O)cc8CC[C@H]7c7ccc(F)cc7)cc6)CC5)CC4)ccc3C2=O)C(=O)C1. The van der Waals surface area contributed by atoms with E-state index in [9.17, 15) is 23.9 Å². The van der Waals surface area contributed by atoms with Gasteiger partial charge < -0.3 is 19.8 Å². The van der Waals surface area contributed by atoms with Gasteiger partial charge in [-0.2, -0.15) is 0 Å². The van der Waals surface area contributed by atoms with Crippen LogP contribution in [0.1, 0.15) is 88.5 Å². The predicted molar refractivity (Wildman–Crippen MR) is 211 cm³/mol. The molecule has 3 fully saturated rings. The lowest BCUT2D eigenvalue weighted by atomic mass is 9.69. The van der Waals surface area contributed by atoms with Crippen LogP contribution in [-0.2, 0) is 22.6 Å². The summed E-state index contributed by atoms with van der Waals surface area (Å²) < 4.78 is 13.8. The van der Waals surface area contributed by atoms with Crippen molar-refractivity contribution < 1.29 is 23.9 Å². The van der Waals surface area contributed by atoms with E-state index in [1.54, 1.807) is 23.1 Å². The molecule has 2 saturated heterocycles. The van der Waals surface area contributed by atoms with E-state index in [1.165, 1.54) is 35.2 Å². The van der Waals surface area contributed by atoms with Crippen molar-refractivity contribution in [2.45, 2.75) is 69.4 Å². The maximum Gasteiger partial charge on any atom is 0.255 e. The van der Waals surface area contributed by atoms with Crippen molar-refractivity contribution in [2.24, 2.45) is 5.92 Å². The molecule has 284 valence electrons. The first-order valence-electron chi connectivity index (χ1n) is 20.1. The smallest absolute Gasteiger partial charge is 0.255 e. The average molecular weight is 741 g/mol. The Kier molecular flexibility index (Phi) is 9.67. The summed E-state index contributed by atoms with van der Waals surface area (Å²) in [6, 6.07) is 27.5. The molecule has 55 heavy (non-hydrogen) atoms. The van der Waals surface area contributed by atoms with Gasteiger partial charge in [-0.1, -0.05) is 30.3 Å². The van der Waals surface area contributed by atoms with E-state index in [-0.39, 0.29) is 41.5 Å². The predicted octanol–water partition coefficient (Wildman–Crippen LogP) is 7.08. The largest absolute Gasteiger partial charge is 0.508 e. The normalized spacial score (nSPS) is 23.6. The highest BCUT2D eigenvalue weighted by atomic mass is 19.1. The Morgan fingerprint density at radius 3 is 2.13 bits per heavy atom. The van der Waals surface area contributed by atoms with Crippen molar-refractivity contribution in [1.82, 2.24) is 9.80 Å². The van der Waals surface area contributed by atoms with Crippen molar-refractivity contribution in [3.8, 4) is 5.75 Å². The lowest BCUT2D eigenvalue weighted by molar-refractivity contribution is -0.133. The Morgan fingerprint density at radius 1 is 0.673 bits per heavy atom. The third-order valence-electron chi connectivity index (χ3n) is 13.1. The molecular formula is C46H49FN4O4. The molecule has 0 aromatic heterocycles. The van der Waals surface area contributed by atoms with Gasteiger partial charge in [0.25, 0.3) is 5.91 Å². The van der Waals surface area contributed by atoms with Crippen molar-refractivity contribution >= 4 is 28.8 Å². The molecule has 4 aromatic carbocycles. The molecule has 2 aliphatic carbocycles. The molecule has 4 aromatic rings. The summed E-state index contributed by atoms with van der Waals surface area (Å²) in [4.78, 5) is 46.7. The second kappa shape index (κ2) is 14.9. The van der Waals surface area contributed by atoms with Crippen LogP contribution in [0.2, 0.25) is 0 Å². The van der Waals surface area contributed by atoms with Crippen LogP contribution in [0.25, 0.3) is 0 Å². The quantitative estimate of drug-likeness (QED) is 0.203. The molecule has 0 radical (unpaired) electrons. The van der Waals surface area contributed by atoms with Crippen LogP contribution in [0.5, 0.6) is 5.75 Å². The van der Waals surface area contributed by atoms with Gasteiger partial charge in [0.05, 0.1) is 12.5 Å². The number of piperidine rings is 1. The van der Waals surface area contributed by atoms with Crippen molar-refractivity contribution in [3.05, 3.63) is 124 Å². The minimum absolute atomic E-state index is 0.0238. The highest BCUT2D eigenvalue weighted by Gasteiger charge is 2.39. The molecule has 1 N–H and O–H groups in total. The Hall–Kier alpha value is -5.02.